The number of pyridine rings is 1. The van der Waals surface area contributed by atoms with Crippen LogP contribution in [0.4, 0.5) is 11.4 Å². The van der Waals surface area contributed by atoms with Gasteiger partial charge in [-0.1, -0.05) is 23.2 Å². The van der Waals surface area contributed by atoms with E-state index in [1.54, 1.807) is 41.6 Å². The predicted molar refractivity (Wildman–Crippen MR) is 90.7 cm³/mol. The third kappa shape index (κ3) is 3.93. The second-order valence-corrected chi connectivity index (χ2v) is 5.96. The first-order valence-electron chi connectivity index (χ1n) is 7.17. The average Bonchev–Trinajstić information content (AvgIpc) is 2.58. The number of nitrogens with one attached hydrogen (secondary N) is 1. The standard InChI is InChI=1S/C16H15Cl2N3O2/c17-12-1-2-15(14(18)8-12)20-13-7-11(9-19-10-13)16(22)21-3-5-23-6-4-21/h1-2,7-10,20H,3-6H2. The van der Waals surface area contributed by atoms with Crippen molar-refractivity contribution in [3.05, 3.63) is 52.3 Å². The van der Waals surface area contributed by atoms with Crippen LogP contribution in [-0.2, 0) is 4.74 Å². The van der Waals surface area contributed by atoms with Crippen LogP contribution >= 0.6 is 23.2 Å². The van der Waals surface area contributed by atoms with E-state index in [9.17, 15) is 4.79 Å². The van der Waals surface area contributed by atoms with Crippen molar-refractivity contribution in [1.29, 1.82) is 0 Å². The van der Waals surface area contributed by atoms with E-state index < -0.39 is 0 Å². The van der Waals surface area contributed by atoms with Gasteiger partial charge >= 0.3 is 0 Å². The van der Waals surface area contributed by atoms with Crippen LogP contribution in [0.2, 0.25) is 10.0 Å². The summed E-state index contributed by atoms with van der Waals surface area (Å²) in [6.45, 7) is 2.33. The van der Waals surface area contributed by atoms with E-state index >= 15 is 0 Å². The molecule has 5 nitrogen and oxygen atoms in total. The van der Waals surface area contributed by atoms with Crippen LogP contribution in [0, 0.1) is 0 Å². The lowest BCUT2D eigenvalue weighted by atomic mass is 10.2. The minimum absolute atomic E-state index is 0.0494. The minimum Gasteiger partial charge on any atom is -0.378 e. The van der Waals surface area contributed by atoms with Crippen molar-refractivity contribution < 1.29 is 9.53 Å². The van der Waals surface area contributed by atoms with Crippen LogP contribution < -0.4 is 5.32 Å². The van der Waals surface area contributed by atoms with Gasteiger partial charge in [-0.3, -0.25) is 9.78 Å². The zero-order valence-corrected chi connectivity index (χ0v) is 13.8. The maximum absolute atomic E-state index is 12.5. The molecular formula is C16H15Cl2N3O2. The number of carbonyl (C=O) groups excluding carboxylic acids is 1. The molecule has 1 saturated heterocycles. The van der Waals surface area contributed by atoms with Gasteiger partial charge in [-0.25, -0.2) is 0 Å². The van der Waals surface area contributed by atoms with E-state index in [4.69, 9.17) is 27.9 Å². The van der Waals surface area contributed by atoms with Gasteiger partial charge in [-0.05, 0) is 24.3 Å². The van der Waals surface area contributed by atoms with E-state index in [0.29, 0.717) is 53.3 Å². The first kappa shape index (κ1) is 16.1. The smallest absolute Gasteiger partial charge is 0.255 e. The number of halogens is 2. The molecule has 0 radical (unpaired) electrons. The number of amides is 1. The molecule has 1 fully saturated rings. The molecule has 0 unspecified atom stereocenters. The van der Waals surface area contributed by atoms with E-state index in [-0.39, 0.29) is 5.91 Å². The Morgan fingerprint density at radius 2 is 1.96 bits per heavy atom. The van der Waals surface area contributed by atoms with Crippen LogP contribution in [0.1, 0.15) is 10.4 Å². The Balaban J connectivity index is 1.78. The lowest BCUT2D eigenvalue weighted by Gasteiger charge is -2.26. The number of hydrogen-bond acceptors (Lipinski definition) is 4. The van der Waals surface area contributed by atoms with Gasteiger partial charge in [-0.2, -0.15) is 0 Å². The van der Waals surface area contributed by atoms with Gasteiger partial charge < -0.3 is 15.0 Å². The highest BCUT2D eigenvalue weighted by Gasteiger charge is 2.19. The fourth-order valence-corrected chi connectivity index (χ4v) is 2.78. The number of hydrogen-bond donors (Lipinski definition) is 1. The molecular weight excluding hydrogens is 337 g/mol. The molecule has 7 heteroatoms. The van der Waals surface area contributed by atoms with Crippen molar-refractivity contribution in [2.75, 3.05) is 31.6 Å². The monoisotopic (exact) mass is 351 g/mol. The number of nitrogens with zero attached hydrogens (tertiary/aromatic N) is 2. The second-order valence-electron chi connectivity index (χ2n) is 5.12. The Bertz CT molecular complexity index is 718. The zero-order valence-electron chi connectivity index (χ0n) is 12.3. The Labute approximate surface area is 144 Å². The largest absolute Gasteiger partial charge is 0.378 e. The summed E-state index contributed by atoms with van der Waals surface area (Å²) in [5.74, 6) is -0.0494. The molecule has 0 spiro atoms. The van der Waals surface area contributed by atoms with E-state index in [1.165, 1.54) is 0 Å². The molecule has 0 bridgehead atoms. The van der Waals surface area contributed by atoms with Crippen molar-refractivity contribution in [3.8, 4) is 0 Å². The Kier molecular flexibility index (Phi) is 5.00. The summed E-state index contributed by atoms with van der Waals surface area (Å²) in [6.07, 6.45) is 3.20. The second kappa shape index (κ2) is 7.17. The van der Waals surface area contributed by atoms with Gasteiger partial charge in [-0.15, -0.1) is 0 Å². The maximum Gasteiger partial charge on any atom is 0.255 e. The van der Waals surface area contributed by atoms with Gasteiger partial charge in [0.05, 0.1) is 41.4 Å². The average molecular weight is 352 g/mol. The Morgan fingerprint density at radius 1 is 1.17 bits per heavy atom. The first-order valence-corrected chi connectivity index (χ1v) is 7.93. The zero-order chi connectivity index (χ0) is 16.2. The molecule has 23 heavy (non-hydrogen) atoms. The van der Waals surface area contributed by atoms with Crippen LogP contribution in [0.5, 0.6) is 0 Å². The first-order chi connectivity index (χ1) is 11.1. The summed E-state index contributed by atoms with van der Waals surface area (Å²) in [5.41, 5.74) is 1.92. The number of carbonyl (C=O) groups is 1. The number of morpholine rings is 1. The van der Waals surface area contributed by atoms with E-state index in [1.807, 2.05) is 0 Å². The van der Waals surface area contributed by atoms with Crippen LogP contribution in [0.25, 0.3) is 0 Å². The Morgan fingerprint density at radius 3 is 2.70 bits per heavy atom. The predicted octanol–water partition coefficient (Wildman–Crippen LogP) is 3.60. The highest BCUT2D eigenvalue weighted by molar-refractivity contribution is 6.36. The molecule has 0 saturated carbocycles. The van der Waals surface area contributed by atoms with Gasteiger partial charge in [0, 0.05) is 24.3 Å². The fourth-order valence-electron chi connectivity index (χ4n) is 2.32. The molecule has 2 heterocycles. The molecule has 1 aliphatic rings. The molecule has 0 aliphatic carbocycles. The quantitative estimate of drug-likeness (QED) is 0.917. The highest BCUT2D eigenvalue weighted by atomic mass is 35.5. The number of anilines is 2. The fraction of sp³-hybridized carbons (Fsp3) is 0.250. The number of ether oxygens (including phenoxy) is 1. The van der Waals surface area contributed by atoms with Crippen molar-refractivity contribution in [3.63, 3.8) is 0 Å². The summed E-state index contributed by atoms with van der Waals surface area (Å²) in [4.78, 5) is 18.4. The Hall–Kier alpha value is -1.82. The van der Waals surface area contributed by atoms with Crippen LogP contribution in [-0.4, -0.2) is 42.1 Å². The van der Waals surface area contributed by atoms with Gasteiger partial charge in [0.15, 0.2) is 0 Å². The molecule has 3 rings (SSSR count). The number of rotatable bonds is 3. The number of aromatic nitrogens is 1. The normalized spacial score (nSPS) is 14.6. The van der Waals surface area contributed by atoms with E-state index in [0.717, 1.165) is 0 Å². The van der Waals surface area contributed by atoms with E-state index in [2.05, 4.69) is 10.3 Å². The SMILES string of the molecule is O=C(c1cncc(Nc2ccc(Cl)cc2Cl)c1)N1CCOCC1. The van der Waals surface area contributed by atoms with Crippen molar-refractivity contribution in [2.45, 2.75) is 0 Å². The third-order valence-corrected chi connectivity index (χ3v) is 4.04. The summed E-state index contributed by atoms with van der Waals surface area (Å²) in [5, 5.41) is 4.22. The van der Waals surface area contributed by atoms with Crippen molar-refractivity contribution >= 4 is 40.5 Å². The molecule has 1 N–H and O–H groups in total. The topological polar surface area (TPSA) is 54.5 Å². The summed E-state index contributed by atoms with van der Waals surface area (Å²) in [7, 11) is 0. The van der Waals surface area contributed by atoms with Gasteiger partial charge in [0.25, 0.3) is 5.91 Å². The van der Waals surface area contributed by atoms with Crippen molar-refractivity contribution in [1.82, 2.24) is 9.88 Å². The maximum atomic E-state index is 12.5. The molecule has 1 aliphatic heterocycles. The molecule has 120 valence electrons. The lowest BCUT2D eigenvalue weighted by Crippen LogP contribution is -2.40. The van der Waals surface area contributed by atoms with Gasteiger partial charge in [0.1, 0.15) is 0 Å². The minimum atomic E-state index is -0.0494. The lowest BCUT2D eigenvalue weighted by molar-refractivity contribution is 0.0302. The molecule has 1 aromatic carbocycles. The summed E-state index contributed by atoms with van der Waals surface area (Å²) in [6, 6.07) is 6.93. The van der Waals surface area contributed by atoms with Gasteiger partial charge in [0.2, 0.25) is 0 Å². The van der Waals surface area contributed by atoms with Crippen LogP contribution in [0.15, 0.2) is 36.7 Å². The molecule has 1 amide bonds. The number of benzene rings is 1. The molecule has 2 aromatic rings. The summed E-state index contributed by atoms with van der Waals surface area (Å²) >= 11 is 12.0. The van der Waals surface area contributed by atoms with Crippen molar-refractivity contribution in [2.24, 2.45) is 0 Å². The van der Waals surface area contributed by atoms with Crippen LogP contribution in [0.3, 0.4) is 0 Å². The molecule has 1 aromatic heterocycles. The molecule has 0 atom stereocenters. The summed E-state index contributed by atoms with van der Waals surface area (Å²) < 4.78 is 5.26. The third-order valence-electron chi connectivity index (χ3n) is 3.49. The highest BCUT2D eigenvalue weighted by Crippen LogP contribution is 2.28.